The Morgan fingerprint density at radius 2 is 1.78 bits per heavy atom. The van der Waals surface area contributed by atoms with E-state index in [0.717, 1.165) is 0 Å². The highest BCUT2D eigenvalue weighted by Gasteiger charge is 2.20. The predicted molar refractivity (Wildman–Crippen MR) is 69.2 cm³/mol. The van der Waals surface area contributed by atoms with Crippen molar-refractivity contribution in [3.63, 3.8) is 0 Å². The maximum absolute atomic E-state index is 13.5. The van der Waals surface area contributed by atoms with Crippen molar-refractivity contribution in [2.24, 2.45) is 5.92 Å². The van der Waals surface area contributed by atoms with Crippen LogP contribution in [0.25, 0.3) is 0 Å². The molecule has 0 spiro atoms. The lowest BCUT2D eigenvalue weighted by Crippen LogP contribution is -2.34. The largest absolute Gasteiger partial charge is 0.310 e. The molecule has 0 aliphatic heterocycles. The molecular weight excluding hydrogens is 232 g/mol. The van der Waals surface area contributed by atoms with Crippen molar-refractivity contribution < 1.29 is 8.78 Å². The summed E-state index contributed by atoms with van der Waals surface area (Å²) >= 11 is 0. The van der Waals surface area contributed by atoms with Crippen LogP contribution < -0.4 is 5.32 Å². The monoisotopic (exact) mass is 253 g/mol. The van der Waals surface area contributed by atoms with Gasteiger partial charge < -0.3 is 5.32 Å². The minimum atomic E-state index is -0.460. The molecule has 1 aromatic carbocycles. The quantitative estimate of drug-likeness (QED) is 0.854. The fourth-order valence-electron chi connectivity index (χ4n) is 2.77. The van der Waals surface area contributed by atoms with E-state index in [1.54, 1.807) is 0 Å². The Balaban J connectivity index is 1.90. The van der Waals surface area contributed by atoms with E-state index in [9.17, 15) is 8.78 Å². The molecule has 0 saturated heterocycles. The van der Waals surface area contributed by atoms with Crippen LogP contribution in [0.1, 0.15) is 44.6 Å². The van der Waals surface area contributed by atoms with Gasteiger partial charge in [-0.15, -0.1) is 0 Å². The van der Waals surface area contributed by atoms with E-state index in [4.69, 9.17) is 0 Å². The van der Waals surface area contributed by atoms with E-state index in [1.165, 1.54) is 50.3 Å². The molecule has 1 aliphatic carbocycles. The molecule has 0 aromatic heterocycles. The van der Waals surface area contributed by atoms with Gasteiger partial charge in [-0.25, -0.2) is 8.78 Å². The van der Waals surface area contributed by atoms with Gasteiger partial charge in [0.2, 0.25) is 0 Å². The predicted octanol–water partition coefficient (Wildman–Crippen LogP) is 4.02. The van der Waals surface area contributed by atoms with Crippen LogP contribution in [0.3, 0.4) is 0 Å². The van der Waals surface area contributed by atoms with Crippen molar-refractivity contribution in [2.45, 2.75) is 51.6 Å². The van der Waals surface area contributed by atoms with E-state index in [2.05, 4.69) is 12.2 Å². The number of hydrogen-bond donors (Lipinski definition) is 1. The van der Waals surface area contributed by atoms with Crippen molar-refractivity contribution >= 4 is 0 Å². The second-order valence-electron chi connectivity index (χ2n) is 5.27. The first-order valence-electron chi connectivity index (χ1n) is 6.84. The summed E-state index contributed by atoms with van der Waals surface area (Å²) in [4.78, 5) is 0. The number of hydrogen-bond acceptors (Lipinski definition) is 1. The van der Waals surface area contributed by atoms with Crippen LogP contribution in [-0.2, 0) is 6.54 Å². The van der Waals surface area contributed by atoms with Gasteiger partial charge in [-0.05, 0) is 37.8 Å². The maximum Gasteiger partial charge on any atom is 0.130 e. The lowest BCUT2D eigenvalue weighted by molar-refractivity contribution is 0.279. The van der Waals surface area contributed by atoms with Gasteiger partial charge in [0.25, 0.3) is 0 Å². The van der Waals surface area contributed by atoms with E-state index in [0.29, 0.717) is 12.0 Å². The van der Waals surface area contributed by atoms with E-state index >= 15 is 0 Å². The Labute approximate surface area is 108 Å². The summed E-state index contributed by atoms with van der Waals surface area (Å²) in [6.45, 7) is 2.39. The maximum atomic E-state index is 13.5. The van der Waals surface area contributed by atoms with Crippen LogP contribution in [0.5, 0.6) is 0 Å². The average molecular weight is 253 g/mol. The molecule has 3 heteroatoms. The van der Waals surface area contributed by atoms with E-state index < -0.39 is 11.6 Å². The lowest BCUT2D eigenvalue weighted by atomic mass is 9.84. The highest BCUT2D eigenvalue weighted by atomic mass is 19.1. The minimum absolute atomic E-state index is 0.153. The first-order valence-corrected chi connectivity index (χ1v) is 6.84. The summed E-state index contributed by atoms with van der Waals surface area (Å²) in [7, 11) is 0. The molecule has 0 heterocycles. The highest BCUT2D eigenvalue weighted by molar-refractivity contribution is 5.19. The third-order valence-electron chi connectivity index (χ3n) is 4.02. The normalized spacial score (nSPS) is 18.8. The molecular formula is C15H21F2N. The SMILES string of the molecule is C[C@@H](NCc1c(F)cccc1F)C1CCCCC1. The lowest BCUT2D eigenvalue weighted by Gasteiger charge is -2.28. The van der Waals surface area contributed by atoms with E-state index in [1.807, 2.05) is 0 Å². The Bertz CT molecular complexity index is 366. The molecule has 1 aromatic rings. The molecule has 2 rings (SSSR count). The summed E-state index contributed by atoms with van der Waals surface area (Å²) in [6, 6.07) is 4.35. The molecule has 0 amide bonds. The van der Waals surface area contributed by atoms with Crippen LogP contribution >= 0.6 is 0 Å². The zero-order valence-corrected chi connectivity index (χ0v) is 10.9. The molecule has 0 unspecified atom stereocenters. The number of benzene rings is 1. The summed E-state index contributed by atoms with van der Waals surface area (Å²) in [5, 5.41) is 3.27. The fourth-order valence-corrected chi connectivity index (χ4v) is 2.77. The van der Waals surface area contributed by atoms with Gasteiger partial charge >= 0.3 is 0 Å². The molecule has 1 fully saturated rings. The van der Waals surface area contributed by atoms with Crippen molar-refractivity contribution in [1.29, 1.82) is 0 Å². The summed E-state index contributed by atoms with van der Waals surface area (Å²) in [6.07, 6.45) is 6.35. The van der Waals surface area contributed by atoms with Gasteiger partial charge in [0, 0.05) is 18.2 Å². The van der Waals surface area contributed by atoms with Gasteiger partial charge in [0.15, 0.2) is 0 Å². The first-order chi connectivity index (χ1) is 8.68. The van der Waals surface area contributed by atoms with Crippen LogP contribution in [0, 0.1) is 17.6 Å². The van der Waals surface area contributed by atoms with Gasteiger partial charge in [-0.1, -0.05) is 25.3 Å². The standard InChI is InChI=1S/C15H21F2N/c1-11(12-6-3-2-4-7-12)18-10-13-14(16)8-5-9-15(13)17/h5,8-9,11-12,18H,2-4,6-7,10H2,1H3/t11-/m1/s1. The van der Waals surface area contributed by atoms with Crippen molar-refractivity contribution in [3.8, 4) is 0 Å². The molecule has 1 nitrogen and oxygen atoms in total. The van der Waals surface area contributed by atoms with E-state index in [-0.39, 0.29) is 12.1 Å². The Hall–Kier alpha value is -0.960. The van der Waals surface area contributed by atoms with Crippen molar-refractivity contribution in [3.05, 3.63) is 35.4 Å². The van der Waals surface area contributed by atoms with Crippen LogP contribution in [0.4, 0.5) is 8.78 Å². The van der Waals surface area contributed by atoms with Crippen LogP contribution in [0.2, 0.25) is 0 Å². The second-order valence-corrected chi connectivity index (χ2v) is 5.27. The molecule has 0 radical (unpaired) electrons. The summed E-state index contributed by atoms with van der Waals surface area (Å²) in [5.74, 6) is -0.273. The molecule has 18 heavy (non-hydrogen) atoms. The van der Waals surface area contributed by atoms with Crippen LogP contribution in [0.15, 0.2) is 18.2 Å². The van der Waals surface area contributed by atoms with Crippen LogP contribution in [-0.4, -0.2) is 6.04 Å². The zero-order chi connectivity index (χ0) is 13.0. The van der Waals surface area contributed by atoms with Crippen molar-refractivity contribution in [1.82, 2.24) is 5.32 Å². The summed E-state index contributed by atoms with van der Waals surface area (Å²) in [5.41, 5.74) is 0.153. The molecule has 1 N–H and O–H groups in total. The number of nitrogens with one attached hydrogen (secondary N) is 1. The van der Waals surface area contributed by atoms with Gasteiger partial charge in [-0.2, -0.15) is 0 Å². The highest BCUT2D eigenvalue weighted by Crippen LogP contribution is 2.26. The summed E-state index contributed by atoms with van der Waals surface area (Å²) < 4.78 is 26.9. The van der Waals surface area contributed by atoms with Gasteiger partial charge in [-0.3, -0.25) is 0 Å². The Kier molecular flexibility index (Phi) is 4.70. The molecule has 1 atom stereocenters. The second kappa shape index (κ2) is 6.28. The van der Waals surface area contributed by atoms with Crippen molar-refractivity contribution in [2.75, 3.05) is 0 Å². The smallest absolute Gasteiger partial charge is 0.130 e. The Morgan fingerprint density at radius 1 is 1.17 bits per heavy atom. The average Bonchev–Trinajstić information content (AvgIpc) is 2.39. The molecule has 100 valence electrons. The minimum Gasteiger partial charge on any atom is -0.310 e. The molecule has 0 bridgehead atoms. The van der Waals surface area contributed by atoms with Gasteiger partial charge in [0.1, 0.15) is 11.6 Å². The number of rotatable bonds is 4. The fraction of sp³-hybridized carbons (Fsp3) is 0.600. The Morgan fingerprint density at radius 3 is 2.39 bits per heavy atom. The third kappa shape index (κ3) is 3.29. The van der Waals surface area contributed by atoms with Gasteiger partial charge in [0.05, 0.1) is 0 Å². The zero-order valence-electron chi connectivity index (χ0n) is 10.9. The third-order valence-corrected chi connectivity index (χ3v) is 4.02. The molecule has 1 saturated carbocycles. The number of halogens is 2. The molecule has 1 aliphatic rings. The first kappa shape index (κ1) is 13.5. The topological polar surface area (TPSA) is 12.0 Å².